The van der Waals surface area contributed by atoms with Crippen LogP contribution >= 0.6 is 0 Å². The number of nitrogens with zero attached hydrogens (tertiary/aromatic N) is 1. The van der Waals surface area contributed by atoms with Crippen molar-refractivity contribution >= 4 is 9.84 Å². The van der Waals surface area contributed by atoms with Crippen LogP contribution in [0.25, 0.3) is 0 Å². The van der Waals surface area contributed by atoms with E-state index < -0.39 is 9.84 Å². The Morgan fingerprint density at radius 3 is 2.24 bits per heavy atom. The number of nitrogens with one attached hydrogen (secondary N) is 1. The molecule has 0 aliphatic heterocycles. The summed E-state index contributed by atoms with van der Waals surface area (Å²) in [6, 6.07) is 10.4. The van der Waals surface area contributed by atoms with E-state index in [4.69, 9.17) is 0 Å². The SMILES string of the molecule is CN(CCS(C)(=O)=O)C(CNC(C)(C)C)c1ccccc1. The molecule has 0 spiro atoms. The minimum atomic E-state index is -2.94. The Balaban J connectivity index is 2.81. The van der Waals surface area contributed by atoms with Crippen molar-refractivity contribution in [3.05, 3.63) is 35.9 Å². The van der Waals surface area contributed by atoms with E-state index in [9.17, 15) is 8.42 Å². The van der Waals surface area contributed by atoms with Gasteiger partial charge in [-0.2, -0.15) is 0 Å². The molecule has 120 valence electrons. The largest absolute Gasteiger partial charge is 0.310 e. The lowest BCUT2D eigenvalue weighted by atomic mass is 10.0. The predicted molar refractivity (Wildman–Crippen MR) is 89.3 cm³/mol. The van der Waals surface area contributed by atoms with Crippen LogP contribution in [0.3, 0.4) is 0 Å². The molecule has 0 bridgehead atoms. The standard InChI is InChI=1S/C16H28N2O2S/c1-16(2,3)17-13-15(14-9-7-6-8-10-14)18(4)11-12-21(5,19)20/h6-10,15,17H,11-13H2,1-5H3. The number of hydrogen-bond acceptors (Lipinski definition) is 4. The van der Waals surface area contributed by atoms with Crippen molar-refractivity contribution < 1.29 is 8.42 Å². The van der Waals surface area contributed by atoms with Crippen molar-refractivity contribution in [1.29, 1.82) is 0 Å². The zero-order chi connectivity index (χ0) is 16.1. The Bertz CT molecular complexity index is 521. The third kappa shape index (κ3) is 7.60. The van der Waals surface area contributed by atoms with Gasteiger partial charge < -0.3 is 5.32 Å². The van der Waals surface area contributed by atoms with Crippen molar-refractivity contribution in [3.63, 3.8) is 0 Å². The first-order valence-corrected chi connectivity index (χ1v) is 9.32. The summed E-state index contributed by atoms with van der Waals surface area (Å²) in [6.45, 7) is 7.71. The molecule has 5 heteroatoms. The topological polar surface area (TPSA) is 49.4 Å². The maximum Gasteiger partial charge on any atom is 0.148 e. The molecule has 0 aliphatic carbocycles. The Morgan fingerprint density at radius 1 is 1.19 bits per heavy atom. The van der Waals surface area contributed by atoms with Crippen LogP contribution < -0.4 is 5.32 Å². The molecule has 1 aromatic carbocycles. The molecule has 1 atom stereocenters. The molecule has 0 aromatic heterocycles. The summed E-state index contributed by atoms with van der Waals surface area (Å²) in [6.07, 6.45) is 1.28. The first kappa shape index (κ1) is 18.1. The molecule has 21 heavy (non-hydrogen) atoms. The van der Waals surface area contributed by atoms with E-state index in [-0.39, 0.29) is 17.3 Å². The van der Waals surface area contributed by atoms with Crippen LogP contribution in [0.1, 0.15) is 32.4 Å². The highest BCUT2D eigenvalue weighted by Gasteiger charge is 2.20. The summed E-state index contributed by atoms with van der Waals surface area (Å²) in [4.78, 5) is 2.11. The molecule has 1 N–H and O–H groups in total. The highest BCUT2D eigenvalue weighted by Crippen LogP contribution is 2.19. The molecule has 0 saturated carbocycles. The Morgan fingerprint density at radius 2 is 1.76 bits per heavy atom. The van der Waals surface area contributed by atoms with Gasteiger partial charge >= 0.3 is 0 Å². The van der Waals surface area contributed by atoms with E-state index >= 15 is 0 Å². The van der Waals surface area contributed by atoms with Crippen LogP contribution in [0.2, 0.25) is 0 Å². The van der Waals surface area contributed by atoms with Gasteiger partial charge in [0.15, 0.2) is 0 Å². The third-order valence-electron chi connectivity index (χ3n) is 3.36. The number of rotatable bonds is 7. The van der Waals surface area contributed by atoms with E-state index in [1.165, 1.54) is 11.8 Å². The van der Waals surface area contributed by atoms with E-state index in [1.807, 2.05) is 25.2 Å². The Hall–Kier alpha value is -0.910. The van der Waals surface area contributed by atoms with Gasteiger partial charge in [0, 0.05) is 30.9 Å². The zero-order valence-corrected chi connectivity index (χ0v) is 14.6. The van der Waals surface area contributed by atoms with Crippen molar-refractivity contribution in [2.45, 2.75) is 32.4 Å². The fourth-order valence-corrected chi connectivity index (χ4v) is 2.69. The quantitative estimate of drug-likeness (QED) is 0.837. The van der Waals surface area contributed by atoms with Crippen LogP contribution in [0.5, 0.6) is 0 Å². The van der Waals surface area contributed by atoms with E-state index in [1.54, 1.807) is 0 Å². The number of likely N-dealkylation sites (N-methyl/N-ethyl adjacent to an activating group) is 1. The first-order valence-electron chi connectivity index (χ1n) is 7.26. The second-order valence-electron chi connectivity index (χ2n) is 6.67. The third-order valence-corrected chi connectivity index (χ3v) is 4.28. The van der Waals surface area contributed by atoms with Crippen LogP contribution in [-0.4, -0.2) is 51.0 Å². The summed E-state index contributed by atoms with van der Waals surface area (Å²) in [5, 5.41) is 3.51. The summed E-state index contributed by atoms with van der Waals surface area (Å²) in [5.41, 5.74) is 1.23. The molecule has 0 amide bonds. The van der Waals surface area contributed by atoms with Gasteiger partial charge in [-0.3, -0.25) is 4.90 Å². The van der Waals surface area contributed by atoms with E-state index in [0.29, 0.717) is 6.54 Å². The maximum atomic E-state index is 11.4. The molecular weight excluding hydrogens is 284 g/mol. The van der Waals surface area contributed by atoms with Gasteiger partial charge in [0.25, 0.3) is 0 Å². The number of benzene rings is 1. The summed E-state index contributed by atoms with van der Waals surface area (Å²) in [7, 11) is -0.961. The molecular formula is C16H28N2O2S. The Kier molecular flexibility index (Phi) is 6.38. The fraction of sp³-hybridized carbons (Fsp3) is 0.625. The zero-order valence-electron chi connectivity index (χ0n) is 13.8. The molecule has 1 aromatic rings. The smallest absolute Gasteiger partial charge is 0.148 e. The lowest BCUT2D eigenvalue weighted by Crippen LogP contribution is -2.43. The van der Waals surface area contributed by atoms with Crippen LogP contribution in [-0.2, 0) is 9.84 Å². The van der Waals surface area contributed by atoms with Crippen molar-refractivity contribution in [3.8, 4) is 0 Å². The average molecular weight is 312 g/mol. The van der Waals surface area contributed by atoms with Crippen molar-refractivity contribution in [1.82, 2.24) is 10.2 Å². The minimum absolute atomic E-state index is 0.0324. The van der Waals surface area contributed by atoms with E-state index in [0.717, 1.165) is 6.54 Å². The van der Waals surface area contributed by atoms with Crippen LogP contribution in [0.4, 0.5) is 0 Å². The predicted octanol–water partition coefficient (Wildman–Crippen LogP) is 2.09. The van der Waals surface area contributed by atoms with Gasteiger partial charge in [0.1, 0.15) is 9.84 Å². The van der Waals surface area contributed by atoms with Crippen molar-refractivity contribution in [2.24, 2.45) is 0 Å². The van der Waals surface area contributed by atoms with Crippen LogP contribution in [0.15, 0.2) is 30.3 Å². The van der Waals surface area contributed by atoms with Crippen LogP contribution in [0, 0.1) is 0 Å². The normalized spacial score (nSPS) is 14.4. The molecule has 0 radical (unpaired) electrons. The molecule has 1 rings (SSSR count). The van der Waals surface area contributed by atoms with Gasteiger partial charge in [0.2, 0.25) is 0 Å². The van der Waals surface area contributed by atoms with Gasteiger partial charge in [-0.15, -0.1) is 0 Å². The molecule has 0 heterocycles. The maximum absolute atomic E-state index is 11.4. The second kappa shape index (κ2) is 7.38. The summed E-state index contributed by atoms with van der Waals surface area (Å²) >= 11 is 0. The highest BCUT2D eigenvalue weighted by molar-refractivity contribution is 7.90. The second-order valence-corrected chi connectivity index (χ2v) is 8.93. The lowest BCUT2D eigenvalue weighted by Gasteiger charge is -2.32. The monoisotopic (exact) mass is 312 g/mol. The number of hydrogen-bond donors (Lipinski definition) is 1. The molecule has 0 saturated heterocycles. The lowest BCUT2D eigenvalue weighted by molar-refractivity contribution is 0.234. The van der Waals surface area contributed by atoms with Gasteiger partial charge in [-0.1, -0.05) is 30.3 Å². The molecule has 0 aliphatic rings. The molecule has 1 unspecified atom stereocenters. The first-order chi connectivity index (χ1) is 9.58. The minimum Gasteiger partial charge on any atom is -0.310 e. The Labute approximate surface area is 129 Å². The number of sulfone groups is 1. The van der Waals surface area contributed by atoms with Crippen molar-refractivity contribution in [2.75, 3.05) is 32.1 Å². The molecule has 0 fully saturated rings. The van der Waals surface area contributed by atoms with E-state index in [2.05, 4.69) is 43.1 Å². The highest BCUT2D eigenvalue weighted by atomic mass is 32.2. The van der Waals surface area contributed by atoms with Gasteiger partial charge in [-0.05, 0) is 33.4 Å². The summed E-state index contributed by atoms with van der Waals surface area (Å²) in [5.74, 6) is 0.183. The fourth-order valence-electron chi connectivity index (χ4n) is 2.07. The summed E-state index contributed by atoms with van der Waals surface area (Å²) < 4.78 is 22.7. The van der Waals surface area contributed by atoms with Gasteiger partial charge in [-0.25, -0.2) is 8.42 Å². The average Bonchev–Trinajstić information content (AvgIpc) is 2.35. The van der Waals surface area contributed by atoms with Gasteiger partial charge in [0.05, 0.1) is 5.75 Å². The molecule has 4 nitrogen and oxygen atoms in total.